The number of carbonyl (C=O) groups is 3. The predicted octanol–water partition coefficient (Wildman–Crippen LogP) is 3.52. The van der Waals surface area contributed by atoms with E-state index in [9.17, 15) is 18.8 Å². The van der Waals surface area contributed by atoms with E-state index in [1.807, 2.05) is 0 Å². The second-order valence-electron chi connectivity index (χ2n) is 8.12. The Bertz CT molecular complexity index is 1080. The van der Waals surface area contributed by atoms with Crippen molar-refractivity contribution in [3.63, 3.8) is 0 Å². The summed E-state index contributed by atoms with van der Waals surface area (Å²) in [5.74, 6) is -1.16. The summed E-state index contributed by atoms with van der Waals surface area (Å²) < 4.78 is 13.8. The lowest BCUT2D eigenvalue weighted by molar-refractivity contribution is -0.121. The first kappa shape index (κ1) is 23.0. The highest BCUT2D eigenvalue weighted by Crippen LogP contribution is 2.29. The number of amides is 3. The Hall–Kier alpha value is -3.20. The molecule has 2 aromatic carbocycles. The van der Waals surface area contributed by atoms with Gasteiger partial charge in [-0.3, -0.25) is 14.4 Å². The van der Waals surface area contributed by atoms with Crippen molar-refractivity contribution in [1.82, 2.24) is 9.80 Å². The quantitative estimate of drug-likeness (QED) is 0.702. The van der Waals surface area contributed by atoms with Crippen LogP contribution in [0, 0.1) is 5.82 Å². The number of hydrogen-bond acceptors (Lipinski definition) is 5. The summed E-state index contributed by atoms with van der Waals surface area (Å²) in [6, 6.07) is 12.8. The lowest BCUT2D eigenvalue weighted by Crippen LogP contribution is -2.26. The molecule has 1 N–H and O–H groups in total. The number of anilines is 1. The Labute approximate surface area is 196 Å². The first-order chi connectivity index (χ1) is 15.9. The number of hydrogen-bond donors (Lipinski definition) is 1. The van der Waals surface area contributed by atoms with Crippen LogP contribution in [-0.2, 0) is 16.1 Å². The molecule has 0 saturated carbocycles. The largest absolute Gasteiger partial charge is 0.351 e. The predicted molar refractivity (Wildman–Crippen MR) is 127 cm³/mol. The monoisotopic (exact) mass is 468 g/mol. The second-order valence-corrected chi connectivity index (χ2v) is 9.29. The fourth-order valence-electron chi connectivity index (χ4n) is 3.80. The molecule has 0 unspecified atom stereocenters. The molecule has 9 heteroatoms. The molecule has 1 atom stereocenters. The van der Waals surface area contributed by atoms with Crippen LogP contribution in [0.15, 0.2) is 53.5 Å². The SMILES string of the molecule is CN(Cc1ccccc1F)C(=O)c1ccc(NC(=O)C[C@@H]2SC(N3CCCC3)=NC2=O)cc1. The Morgan fingerprint density at radius 1 is 1.15 bits per heavy atom. The van der Waals surface area contributed by atoms with E-state index in [0.717, 1.165) is 31.1 Å². The lowest BCUT2D eigenvalue weighted by Gasteiger charge is -2.18. The molecule has 0 aromatic heterocycles. The minimum Gasteiger partial charge on any atom is -0.351 e. The van der Waals surface area contributed by atoms with Crippen LogP contribution in [0.2, 0.25) is 0 Å². The van der Waals surface area contributed by atoms with E-state index in [4.69, 9.17) is 0 Å². The first-order valence-electron chi connectivity index (χ1n) is 10.8. The molecule has 1 saturated heterocycles. The molecule has 0 bridgehead atoms. The molecule has 2 heterocycles. The highest BCUT2D eigenvalue weighted by atomic mass is 32.2. The zero-order chi connectivity index (χ0) is 23.4. The minimum atomic E-state index is -0.506. The van der Waals surface area contributed by atoms with Crippen molar-refractivity contribution < 1.29 is 18.8 Å². The zero-order valence-corrected chi connectivity index (χ0v) is 19.1. The number of halogens is 1. The molecule has 0 spiro atoms. The lowest BCUT2D eigenvalue weighted by atomic mass is 10.1. The molecule has 2 aliphatic heterocycles. The van der Waals surface area contributed by atoms with Crippen LogP contribution in [0.5, 0.6) is 0 Å². The Kier molecular flexibility index (Phi) is 7.08. The Morgan fingerprint density at radius 3 is 2.55 bits per heavy atom. The maximum atomic E-state index is 13.8. The Balaban J connectivity index is 1.29. The van der Waals surface area contributed by atoms with Crippen molar-refractivity contribution >= 4 is 40.3 Å². The molecule has 3 amide bonds. The number of rotatable bonds is 6. The van der Waals surface area contributed by atoms with Gasteiger partial charge in [-0.2, -0.15) is 4.99 Å². The fraction of sp³-hybridized carbons (Fsp3) is 0.333. The molecule has 172 valence electrons. The van der Waals surface area contributed by atoms with Crippen LogP contribution < -0.4 is 5.32 Å². The fourth-order valence-corrected chi connectivity index (χ4v) is 4.92. The van der Waals surface area contributed by atoms with Crippen LogP contribution in [-0.4, -0.2) is 58.1 Å². The van der Waals surface area contributed by atoms with Gasteiger partial charge in [-0.15, -0.1) is 0 Å². The van der Waals surface area contributed by atoms with Gasteiger partial charge in [-0.25, -0.2) is 4.39 Å². The number of thioether (sulfide) groups is 1. The van der Waals surface area contributed by atoms with Gasteiger partial charge in [-0.05, 0) is 43.2 Å². The highest BCUT2D eigenvalue weighted by Gasteiger charge is 2.33. The van der Waals surface area contributed by atoms with Crippen LogP contribution >= 0.6 is 11.8 Å². The van der Waals surface area contributed by atoms with E-state index in [0.29, 0.717) is 16.8 Å². The molecule has 2 aromatic rings. The molecule has 1 fully saturated rings. The van der Waals surface area contributed by atoms with E-state index in [1.165, 1.54) is 22.7 Å². The molecule has 4 rings (SSSR count). The van der Waals surface area contributed by atoms with Crippen molar-refractivity contribution in [3.05, 3.63) is 65.5 Å². The summed E-state index contributed by atoms with van der Waals surface area (Å²) in [5.41, 5.74) is 1.40. The minimum absolute atomic E-state index is 0.0381. The number of amidine groups is 1. The second kappa shape index (κ2) is 10.2. The van der Waals surface area contributed by atoms with Crippen molar-refractivity contribution in [3.8, 4) is 0 Å². The molecular formula is C24H25FN4O3S. The zero-order valence-electron chi connectivity index (χ0n) is 18.3. The first-order valence-corrected chi connectivity index (χ1v) is 11.7. The third-order valence-corrected chi connectivity index (χ3v) is 6.82. The molecule has 0 radical (unpaired) electrons. The van der Waals surface area contributed by atoms with E-state index >= 15 is 0 Å². The standard InChI is InChI=1S/C24H25FN4O3S/c1-28(15-17-6-2-3-7-19(17)25)23(32)16-8-10-18(11-9-16)26-21(30)14-20-22(31)27-24(33-20)29-12-4-5-13-29/h2-3,6-11,20H,4-5,12-15H2,1H3,(H,26,30)/t20-/m0/s1. The summed E-state index contributed by atoms with van der Waals surface area (Å²) in [5, 5.41) is 2.99. The van der Waals surface area contributed by atoms with Gasteiger partial charge in [0.25, 0.3) is 11.8 Å². The van der Waals surface area contributed by atoms with E-state index in [1.54, 1.807) is 49.5 Å². The van der Waals surface area contributed by atoms with Crippen LogP contribution in [0.1, 0.15) is 35.2 Å². The third-order valence-electron chi connectivity index (χ3n) is 5.60. The van der Waals surface area contributed by atoms with Gasteiger partial charge >= 0.3 is 0 Å². The number of nitrogens with one attached hydrogen (secondary N) is 1. The smallest absolute Gasteiger partial charge is 0.262 e. The van der Waals surface area contributed by atoms with Crippen LogP contribution in [0.3, 0.4) is 0 Å². The number of likely N-dealkylation sites (tertiary alicyclic amines) is 1. The van der Waals surface area contributed by atoms with E-state index in [-0.39, 0.29) is 36.5 Å². The van der Waals surface area contributed by atoms with Gasteiger partial charge in [0.15, 0.2) is 5.17 Å². The topological polar surface area (TPSA) is 82.1 Å². The number of benzene rings is 2. The van der Waals surface area contributed by atoms with Crippen molar-refractivity contribution in [2.24, 2.45) is 4.99 Å². The molecule has 33 heavy (non-hydrogen) atoms. The maximum Gasteiger partial charge on any atom is 0.262 e. The van der Waals surface area contributed by atoms with E-state index < -0.39 is 5.25 Å². The van der Waals surface area contributed by atoms with E-state index in [2.05, 4.69) is 15.2 Å². The number of nitrogens with zero attached hydrogens (tertiary/aromatic N) is 3. The van der Waals surface area contributed by atoms with Crippen molar-refractivity contribution in [1.29, 1.82) is 0 Å². The summed E-state index contributed by atoms with van der Waals surface area (Å²) in [6.07, 6.45) is 2.23. The number of aliphatic imine (C=N–C) groups is 1. The third kappa shape index (κ3) is 5.60. The normalized spacial score (nSPS) is 17.8. The van der Waals surface area contributed by atoms with Crippen LogP contribution in [0.4, 0.5) is 10.1 Å². The van der Waals surface area contributed by atoms with Crippen LogP contribution in [0.25, 0.3) is 0 Å². The number of carbonyl (C=O) groups excluding carboxylic acids is 3. The average molecular weight is 469 g/mol. The molecular weight excluding hydrogens is 443 g/mol. The van der Waals surface area contributed by atoms with Gasteiger partial charge in [-0.1, -0.05) is 30.0 Å². The maximum absolute atomic E-state index is 13.8. The van der Waals surface area contributed by atoms with Crippen molar-refractivity contribution in [2.75, 3.05) is 25.5 Å². The summed E-state index contributed by atoms with van der Waals surface area (Å²) in [4.78, 5) is 44.9. The van der Waals surface area contributed by atoms with Gasteiger partial charge in [0, 0.05) is 49.9 Å². The average Bonchev–Trinajstić information content (AvgIpc) is 3.46. The summed E-state index contributed by atoms with van der Waals surface area (Å²) in [7, 11) is 1.61. The Morgan fingerprint density at radius 2 is 1.85 bits per heavy atom. The summed E-state index contributed by atoms with van der Waals surface area (Å²) in [6.45, 7) is 1.95. The van der Waals surface area contributed by atoms with Gasteiger partial charge in [0.2, 0.25) is 5.91 Å². The summed E-state index contributed by atoms with van der Waals surface area (Å²) >= 11 is 1.35. The van der Waals surface area contributed by atoms with Gasteiger partial charge < -0.3 is 15.1 Å². The van der Waals surface area contributed by atoms with Gasteiger partial charge in [0.1, 0.15) is 11.1 Å². The molecule has 7 nitrogen and oxygen atoms in total. The molecule has 2 aliphatic rings. The van der Waals surface area contributed by atoms with Gasteiger partial charge in [0.05, 0.1) is 0 Å². The highest BCUT2D eigenvalue weighted by molar-refractivity contribution is 8.15. The van der Waals surface area contributed by atoms with Crippen molar-refractivity contribution in [2.45, 2.75) is 31.1 Å². The molecule has 0 aliphatic carbocycles.